The molecule has 2 aromatic rings. The number of hydrogen-bond donors (Lipinski definition) is 2. The average Bonchev–Trinajstić information content (AvgIpc) is 2.82. The molecule has 2 aromatic carbocycles. The number of nitrogens with one attached hydrogen (secondary N) is 1. The minimum absolute atomic E-state index is 0.268. The number of carboxylic acids is 1. The minimum atomic E-state index is -1.06. The van der Waals surface area contributed by atoms with Gasteiger partial charge in [-0.05, 0) is 112 Å². The normalized spacial score (nSPS) is 26.7. The Morgan fingerprint density at radius 1 is 1.03 bits per heavy atom. The van der Waals surface area contributed by atoms with Gasteiger partial charge in [0.1, 0.15) is 11.6 Å². The summed E-state index contributed by atoms with van der Waals surface area (Å²) in [6, 6.07) is 14.8. The quantitative estimate of drug-likeness (QED) is 0.370. The number of benzene rings is 2. The van der Waals surface area contributed by atoms with Crippen molar-refractivity contribution in [3.8, 4) is 11.1 Å². The zero-order chi connectivity index (χ0) is 27.1. The van der Waals surface area contributed by atoms with Crippen molar-refractivity contribution in [1.82, 2.24) is 5.32 Å². The van der Waals surface area contributed by atoms with E-state index in [1.54, 1.807) is 26.3 Å². The molecule has 1 atom stereocenters. The lowest BCUT2D eigenvalue weighted by Gasteiger charge is -2.57. The van der Waals surface area contributed by atoms with E-state index in [4.69, 9.17) is 4.74 Å². The second kappa shape index (κ2) is 10.6. The summed E-state index contributed by atoms with van der Waals surface area (Å²) in [6.07, 6.45) is 7.70. The van der Waals surface area contributed by atoms with E-state index in [0.717, 1.165) is 23.3 Å². The van der Waals surface area contributed by atoms with Crippen LogP contribution in [0.25, 0.3) is 11.1 Å². The summed E-state index contributed by atoms with van der Waals surface area (Å²) >= 11 is 1.50. The van der Waals surface area contributed by atoms with Crippen LogP contribution in [0.15, 0.2) is 42.5 Å². The molecule has 4 fully saturated rings. The zero-order valence-corrected chi connectivity index (χ0v) is 23.9. The molecular weight excluding hydrogens is 494 g/mol. The molecule has 4 bridgehead atoms. The summed E-state index contributed by atoms with van der Waals surface area (Å²) in [5.41, 5.74) is 6.37. The predicted molar refractivity (Wildman–Crippen MR) is 153 cm³/mol. The SMILES string of the molecule is Cc1ccc(-c2ccc(CSCC(NC(=O)OC(C)(C)C)C(=O)O)cc2)c(C23CC4CC(CC(C4)C2)C3)c1. The molecular formula is C32H41NO4S. The molecule has 0 spiro atoms. The van der Waals surface area contributed by atoms with Crippen LogP contribution in [0.5, 0.6) is 0 Å². The van der Waals surface area contributed by atoms with Crippen LogP contribution in [0.4, 0.5) is 4.79 Å². The van der Waals surface area contributed by atoms with Crippen LogP contribution >= 0.6 is 11.8 Å². The Labute approximate surface area is 231 Å². The highest BCUT2D eigenvalue weighted by Crippen LogP contribution is 2.61. The van der Waals surface area contributed by atoms with Gasteiger partial charge >= 0.3 is 12.1 Å². The number of carboxylic acid groups (broad SMARTS) is 1. The largest absolute Gasteiger partial charge is 0.480 e. The number of thioether (sulfide) groups is 1. The highest BCUT2D eigenvalue weighted by molar-refractivity contribution is 7.98. The smallest absolute Gasteiger partial charge is 0.408 e. The third-order valence-electron chi connectivity index (χ3n) is 8.59. The van der Waals surface area contributed by atoms with E-state index in [-0.39, 0.29) is 5.75 Å². The summed E-state index contributed by atoms with van der Waals surface area (Å²) < 4.78 is 5.21. The van der Waals surface area contributed by atoms with Crippen molar-refractivity contribution in [2.75, 3.05) is 5.75 Å². The van der Waals surface area contributed by atoms with Crippen molar-refractivity contribution in [2.24, 2.45) is 17.8 Å². The van der Waals surface area contributed by atoms with Gasteiger partial charge in [0.25, 0.3) is 0 Å². The Hall–Kier alpha value is -2.47. The van der Waals surface area contributed by atoms with Crippen molar-refractivity contribution in [2.45, 2.75) is 89.0 Å². The fraction of sp³-hybridized carbons (Fsp3) is 0.562. The number of hydrogen-bond acceptors (Lipinski definition) is 4. The molecule has 0 aliphatic heterocycles. The van der Waals surface area contributed by atoms with Gasteiger partial charge in [-0.15, -0.1) is 0 Å². The lowest BCUT2D eigenvalue weighted by molar-refractivity contribution is -0.138. The van der Waals surface area contributed by atoms with Crippen LogP contribution in [0.3, 0.4) is 0 Å². The molecule has 2 N–H and O–H groups in total. The van der Waals surface area contributed by atoms with Crippen molar-refractivity contribution in [3.05, 3.63) is 59.2 Å². The number of amides is 1. The summed E-state index contributed by atoms with van der Waals surface area (Å²) in [4.78, 5) is 23.7. The van der Waals surface area contributed by atoms with Crippen LogP contribution in [-0.4, -0.2) is 34.6 Å². The predicted octanol–water partition coefficient (Wildman–Crippen LogP) is 7.34. The van der Waals surface area contributed by atoms with Crippen molar-refractivity contribution in [1.29, 1.82) is 0 Å². The Kier molecular flexibility index (Phi) is 7.56. The summed E-state index contributed by atoms with van der Waals surface area (Å²) in [5.74, 6) is 2.62. The second-order valence-electron chi connectivity index (χ2n) is 13.0. The average molecular weight is 536 g/mol. The number of rotatable bonds is 8. The molecule has 0 heterocycles. The Morgan fingerprint density at radius 3 is 2.18 bits per heavy atom. The first kappa shape index (κ1) is 27.1. The standard InChI is InChI=1S/C32H41NO4S/c1-20-5-10-26(27(11-20)32-15-22-12-23(16-32)14-24(13-22)17-32)25-8-6-21(7-9-25)18-38-19-28(29(34)35)33-30(36)37-31(2,3)4/h5-11,22-24,28H,12-19H2,1-4H3,(H,33,36)(H,34,35). The molecule has 4 saturated carbocycles. The van der Waals surface area contributed by atoms with E-state index >= 15 is 0 Å². The van der Waals surface area contributed by atoms with Gasteiger partial charge < -0.3 is 15.2 Å². The fourth-order valence-electron chi connectivity index (χ4n) is 7.49. The second-order valence-corrected chi connectivity index (χ2v) is 14.0. The van der Waals surface area contributed by atoms with E-state index in [1.807, 2.05) is 0 Å². The van der Waals surface area contributed by atoms with Crippen molar-refractivity contribution >= 4 is 23.8 Å². The lowest BCUT2D eigenvalue weighted by Crippen LogP contribution is -2.48. The number of alkyl carbamates (subject to hydrolysis) is 1. The summed E-state index contributed by atoms with van der Waals surface area (Å²) in [7, 11) is 0. The first-order chi connectivity index (χ1) is 18.0. The maximum Gasteiger partial charge on any atom is 0.408 e. The minimum Gasteiger partial charge on any atom is -0.480 e. The van der Waals surface area contributed by atoms with Crippen LogP contribution in [0.2, 0.25) is 0 Å². The van der Waals surface area contributed by atoms with Gasteiger partial charge in [-0.25, -0.2) is 9.59 Å². The molecule has 0 radical (unpaired) electrons. The molecule has 6 rings (SSSR count). The summed E-state index contributed by atoms with van der Waals surface area (Å²) in [6.45, 7) is 7.48. The third-order valence-corrected chi connectivity index (χ3v) is 9.70. The molecule has 1 unspecified atom stereocenters. The zero-order valence-electron chi connectivity index (χ0n) is 23.1. The monoisotopic (exact) mass is 535 g/mol. The fourth-order valence-corrected chi connectivity index (χ4v) is 8.50. The van der Waals surface area contributed by atoms with Crippen LogP contribution < -0.4 is 5.32 Å². The molecule has 5 nitrogen and oxygen atoms in total. The lowest BCUT2D eigenvalue weighted by atomic mass is 9.47. The maximum absolute atomic E-state index is 12.0. The number of ether oxygens (including phenoxy) is 1. The first-order valence-electron chi connectivity index (χ1n) is 14.0. The van der Waals surface area contributed by atoms with Gasteiger partial charge in [0.05, 0.1) is 0 Å². The highest BCUT2D eigenvalue weighted by atomic mass is 32.2. The Bertz CT molecular complexity index is 1150. The van der Waals surface area contributed by atoms with Crippen molar-refractivity contribution in [3.63, 3.8) is 0 Å². The Morgan fingerprint density at radius 2 is 1.63 bits per heavy atom. The van der Waals surface area contributed by atoms with Crippen molar-refractivity contribution < 1.29 is 19.4 Å². The molecule has 0 saturated heterocycles. The van der Waals surface area contributed by atoms with Gasteiger partial charge in [-0.2, -0.15) is 11.8 Å². The number of aryl methyl sites for hydroxylation is 1. The van der Waals surface area contributed by atoms with E-state index in [9.17, 15) is 14.7 Å². The van der Waals surface area contributed by atoms with E-state index in [0.29, 0.717) is 11.2 Å². The molecule has 4 aliphatic rings. The molecule has 0 aromatic heterocycles. The summed E-state index contributed by atoms with van der Waals surface area (Å²) in [5, 5.41) is 12.0. The van der Waals surface area contributed by atoms with Gasteiger partial charge in [0.15, 0.2) is 0 Å². The van der Waals surface area contributed by atoms with Gasteiger partial charge in [-0.1, -0.05) is 48.0 Å². The molecule has 4 aliphatic carbocycles. The third kappa shape index (κ3) is 6.06. The molecule has 38 heavy (non-hydrogen) atoms. The first-order valence-corrected chi connectivity index (χ1v) is 15.2. The topological polar surface area (TPSA) is 75.6 Å². The molecule has 6 heteroatoms. The van der Waals surface area contributed by atoms with Gasteiger partial charge in [0.2, 0.25) is 0 Å². The van der Waals surface area contributed by atoms with Crippen LogP contribution in [0, 0.1) is 24.7 Å². The number of aliphatic carboxylic acids is 1. The van der Waals surface area contributed by atoms with Crippen LogP contribution in [0.1, 0.15) is 76.0 Å². The molecule has 1 amide bonds. The van der Waals surface area contributed by atoms with E-state index < -0.39 is 23.7 Å². The Balaban J connectivity index is 1.25. The molecule has 204 valence electrons. The van der Waals surface area contributed by atoms with Gasteiger partial charge in [0, 0.05) is 11.5 Å². The van der Waals surface area contributed by atoms with E-state index in [1.165, 1.54) is 67.0 Å². The highest BCUT2D eigenvalue weighted by Gasteiger charge is 2.52. The number of carbonyl (C=O) groups is 2. The van der Waals surface area contributed by atoms with E-state index in [2.05, 4.69) is 54.7 Å². The maximum atomic E-state index is 12.0. The number of carbonyl (C=O) groups excluding carboxylic acids is 1. The van der Waals surface area contributed by atoms with Crippen LogP contribution in [-0.2, 0) is 20.7 Å². The van der Waals surface area contributed by atoms with Gasteiger partial charge in [-0.3, -0.25) is 0 Å².